The van der Waals surface area contributed by atoms with E-state index in [0.717, 1.165) is 30.3 Å². The molecule has 5 heteroatoms. The van der Waals surface area contributed by atoms with Crippen LogP contribution in [0, 0.1) is 0 Å². The Balaban J connectivity index is 1.54. The first-order valence-electron chi connectivity index (χ1n) is 6.46. The zero-order valence-electron chi connectivity index (χ0n) is 11.0. The van der Waals surface area contributed by atoms with E-state index in [1.807, 2.05) is 18.2 Å². The predicted molar refractivity (Wildman–Crippen MR) is 67.6 cm³/mol. The smallest absolute Gasteiger partial charge is 0.161 e. The molecule has 2 fully saturated rings. The van der Waals surface area contributed by atoms with Crippen LogP contribution >= 0.6 is 0 Å². The van der Waals surface area contributed by atoms with E-state index >= 15 is 0 Å². The molecule has 2 saturated heterocycles. The molecule has 0 N–H and O–H groups in total. The van der Waals surface area contributed by atoms with E-state index < -0.39 is 0 Å². The van der Waals surface area contributed by atoms with Crippen LogP contribution < -0.4 is 9.47 Å². The van der Waals surface area contributed by atoms with Crippen LogP contribution in [0.3, 0.4) is 0 Å². The molecule has 2 aliphatic rings. The lowest BCUT2D eigenvalue weighted by atomic mass is 10.2. The number of hydrogen-bond donors (Lipinski definition) is 0. The molecule has 0 amide bonds. The van der Waals surface area contributed by atoms with Crippen molar-refractivity contribution in [3.05, 3.63) is 23.8 Å². The summed E-state index contributed by atoms with van der Waals surface area (Å²) < 4.78 is 26.7. The van der Waals surface area contributed by atoms with Gasteiger partial charge in [-0.3, -0.25) is 0 Å². The minimum Gasteiger partial charge on any atom is -0.493 e. The van der Waals surface area contributed by atoms with Gasteiger partial charge in [-0.2, -0.15) is 0 Å². The first-order chi connectivity index (χ1) is 9.35. The maximum atomic E-state index is 5.65. The highest BCUT2D eigenvalue weighted by atomic mass is 16.6. The van der Waals surface area contributed by atoms with Crippen LogP contribution in [0.15, 0.2) is 18.2 Å². The molecule has 2 atom stereocenters. The lowest BCUT2D eigenvalue weighted by Gasteiger charge is -2.11. The van der Waals surface area contributed by atoms with Crippen molar-refractivity contribution in [2.45, 2.75) is 18.8 Å². The van der Waals surface area contributed by atoms with E-state index in [1.165, 1.54) is 0 Å². The predicted octanol–water partition coefficient (Wildman–Crippen LogP) is 1.39. The Hall–Kier alpha value is -1.30. The van der Waals surface area contributed by atoms with Crippen LogP contribution in [0.5, 0.6) is 11.5 Å². The molecule has 19 heavy (non-hydrogen) atoms. The van der Waals surface area contributed by atoms with Gasteiger partial charge in [-0.05, 0) is 17.7 Å². The summed E-state index contributed by atoms with van der Waals surface area (Å²) in [7, 11) is 1.64. The van der Waals surface area contributed by atoms with Crippen LogP contribution in [0.1, 0.15) is 5.56 Å². The molecule has 0 bridgehead atoms. The van der Waals surface area contributed by atoms with Gasteiger partial charge < -0.3 is 23.7 Å². The Morgan fingerprint density at radius 3 is 2.53 bits per heavy atom. The molecule has 0 saturated carbocycles. The SMILES string of the molecule is COc1cc(COCC2CO2)ccc1OCC1CO1. The number of hydrogen-bond acceptors (Lipinski definition) is 5. The van der Waals surface area contributed by atoms with Gasteiger partial charge in [-0.25, -0.2) is 0 Å². The zero-order chi connectivity index (χ0) is 13.1. The van der Waals surface area contributed by atoms with Gasteiger partial charge in [-0.1, -0.05) is 6.07 Å². The molecular weight excluding hydrogens is 248 g/mol. The Morgan fingerprint density at radius 1 is 1.11 bits per heavy atom. The van der Waals surface area contributed by atoms with Gasteiger partial charge in [0.05, 0.1) is 33.5 Å². The second-order valence-electron chi connectivity index (χ2n) is 4.72. The fourth-order valence-corrected chi connectivity index (χ4v) is 1.74. The Morgan fingerprint density at radius 2 is 1.84 bits per heavy atom. The van der Waals surface area contributed by atoms with E-state index in [2.05, 4.69) is 0 Å². The van der Waals surface area contributed by atoms with Gasteiger partial charge in [0.25, 0.3) is 0 Å². The summed E-state index contributed by atoms with van der Waals surface area (Å²) in [5, 5.41) is 0. The van der Waals surface area contributed by atoms with E-state index in [-0.39, 0.29) is 6.10 Å². The van der Waals surface area contributed by atoms with E-state index in [1.54, 1.807) is 7.11 Å². The van der Waals surface area contributed by atoms with Crippen LogP contribution in [0.25, 0.3) is 0 Å². The Kier molecular flexibility index (Phi) is 3.87. The minimum atomic E-state index is 0.242. The number of ether oxygens (including phenoxy) is 5. The molecule has 2 heterocycles. The fraction of sp³-hybridized carbons (Fsp3) is 0.571. The fourth-order valence-electron chi connectivity index (χ4n) is 1.74. The second-order valence-corrected chi connectivity index (χ2v) is 4.72. The monoisotopic (exact) mass is 266 g/mol. The number of epoxide rings is 2. The van der Waals surface area contributed by atoms with Gasteiger partial charge in [0.1, 0.15) is 18.8 Å². The third kappa shape index (κ3) is 3.83. The summed E-state index contributed by atoms with van der Waals surface area (Å²) >= 11 is 0. The van der Waals surface area contributed by atoms with Crippen molar-refractivity contribution < 1.29 is 23.7 Å². The van der Waals surface area contributed by atoms with Crippen molar-refractivity contribution in [2.24, 2.45) is 0 Å². The summed E-state index contributed by atoms with van der Waals surface area (Å²) in [6.07, 6.45) is 0.536. The lowest BCUT2D eigenvalue weighted by Crippen LogP contribution is -2.06. The lowest BCUT2D eigenvalue weighted by molar-refractivity contribution is 0.104. The van der Waals surface area contributed by atoms with Gasteiger partial charge in [0, 0.05) is 0 Å². The number of benzene rings is 1. The highest BCUT2D eigenvalue weighted by Crippen LogP contribution is 2.29. The molecule has 104 valence electrons. The number of rotatable bonds is 8. The molecule has 1 aromatic carbocycles. The van der Waals surface area contributed by atoms with Crippen molar-refractivity contribution in [1.29, 1.82) is 0 Å². The van der Waals surface area contributed by atoms with Crippen LogP contribution in [-0.4, -0.2) is 45.7 Å². The molecule has 0 aromatic heterocycles. The molecule has 3 rings (SSSR count). The molecule has 0 spiro atoms. The first kappa shape index (κ1) is 12.7. The van der Waals surface area contributed by atoms with E-state index in [9.17, 15) is 0 Å². The average Bonchev–Trinajstić information content (AvgIpc) is 3.31. The maximum absolute atomic E-state index is 5.65. The summed E-state index contributed by atoms with van der Waals surface area (Å²) in [6, 6.07) is 5.84. The molecule has 2 unspecified atom stereocenters. The third-order valence-electron chi connectivity index (χ3n) is 3.03. The van der Waals surface area contributed by atoms with Gasteiger partial charge >= 0.3 is 0 Å². The van der Waals surface area contributed by atoms with Gasteiger partial charge in [0.2, 0.25) is 0 Å². The summed E-state index contributed by atoms with van der Waals surface area (Å²) in [5.41, 5.74) is 1.06. The van der Waals surface area contributed by atoms with Crippen LogP contribution in [0.4, 0.5) is 0 Å². The van der Waals surface area contributed by atoms with E-state index in [0.29, 0.717) is 25.9 Å². The highest BCUT2D eigenvalue weighted by molar-refractivity contribution is 5.42. The standard InChI is InChI=1S/C14H18O5/c1-15-14-4-10(5-16-6-11-7-17-11)2-3-13(14)19-9-12-8-18-12/h2-4,11-12H,5-9H2,1H3. The third-order valence-corrected chi connectivity index (χ3v) is 3.03. The van der Waals surface area contributed by atoms with Gasteiger partial charge in [0.15, 0.2) is 11.5 Å². The summed E-state index contributed by atoms with van der Waals surface area (Å²) in [5.74, 6) is 1.47. The molecule has 0 aliphatic carbocycles. The normalized spacial score (nSPS) is 24.1. The van der Waals surface area contributed by atoms with Gasteiger partial charge in [-0.15, -0.1) is 0 Å². The maximum Gasteiger partial charge on any atom is 0.161 e. The Labute approximate surface area is 112 Å². The Bertz CT molecular complexity index is 426. The quantitative estimate of drug-likeness (QED) is 0.665. The summed E-state index contributed by atoms with van der Waals surface area (Å²) in [4.78, 5) is 0. The zero-order valence-corrected chi connectivity index (χ0v) is 11.0. The minimum absolute atomic E-state index is 0.242. The van der Waals surface area contributed by atoms with Crippen molar-refractivity contribution in [2.75, 3.05) is 33.5 Å². The molecule has 5 nitrogen and oxygen atoms in total. The summed E-state index contributed by atoms with van der Waals surface area (Å²) in [6.45, 7) is 3.39. The molecular formula is C14H18O5. The topological polar surface area (TPSA) is 52.8 Å². The number of methoxy groups -OCH3 is 1. The van der Waals surface area contributed by atoms with Crippen molar-refractivity contribution in [3.63, 3.8) is 0 Å². The largest absolute Gasteiger partial charge is 0.493 e. The first-order valence-corrected chi connectivity index (χ1v) is 6.46. The van der Waals surface area contributed by atoms with E-state index in [4.69, 9.17) is 23.7 Å². The molecule has 2 aliphatic heterocycles. The van der Waals surface area contributed by atoms with Crippen molar-refractivity contribution in [3.8, 4) is 11.5 Å². The van der Waals surface area contributed by atoms with Crippen LogP contribution in [0.2, 0.25) is 0 Å². The average molecular weight is 266 g/mol. The molecule has 1 aromatic rings. The van der Waals surface area contributed by atoms with Crippen molar-refractivity contribution >= 4 is 0 Å². The molecule has 0 radical (unpaired) electrons. The van der Waals surface area contributed by atoms with Crippen molar-refractivity contribution in [1.82, 2.24) is 0 Å². The second kappa shape index (κ2) is 5.77. The van der Waals surface area contributed by atoms with Crippen LogP contribution in [-0.2, 0) is 20.8 Å². The highest BCUT2D eigenvalue weighted by Gasteiger charge is 2.24.